The van der Waals surface area contributed by atoms with Gasteiger partial charge >= 0.3 is 0 Å². The fourth-order valence-electron chi connectivity index (χ4n) is 2.11. The monoisotopic (exact) mass is 324 g/mol. The van der Waals surface area contributed by atoms with Crippen molar-refractivity contribution < 1.29 is 9.53 Å². The predicted octanol–water partition coefficient (Wildman–Crippen LogP) is 3.41. The number of anilines is 1. The molecule has 126 valence electrons. The second kappa shape index (κ2) is 9.40. The third-order valence-corrected chi connectivity index (χ3v) is 3.37. The molecule has 0 aromatic heterocycles. The SMILES string of the molecule is C=C(C)COc1ccc(NCC(=O)NCCc2ccccc2)cc1. The summed E-state index contributed by atoms with van der Waals surface area (Å²) in [6.07, 6.45) is 0.835. The van der Waals surface area contributed by atoms with Crippen molar-refractivity contribution in [2.75, 3.05) is 25.0 Å². The second-order valence-electron chi connectivity index (χ2n) is 5.71. The topological polar surface area (TPSA) is 50.4 Å². The average molecular weight is 324 g/mol. The summed E-state index contributed by atoms with van der Waals surface area (Å²) in [4.78, 5) is 11.8. The number of carbonyl (C=O) groups excluding carboxylic acids is 1. The molecular weight excluding hydrogens is 300 g/mol. The van der Waals surface area contributed by atoms with E-state index in [-0.39, 0.29) is 12.5 Å². The zero-order chi connectivity index (χ0) is 17.2. The number of hydrogen-bond donors (Lipinski definition) is 2. The number of carbonyl (C=O) groups is 1. The van der Waals surface area contributed by atoms with Gasteiger partial charge in [-0.05, 0) is 48.7 Å². The normalized spacial score (nSPS) is 10.0. The lowest BCUT2D eigenvalue weighted by Gasteiger charge is -2.09. The van der Waals surface area contributed by atoms with Crippen LogP contribution in [0.4, 0.5) is 5.69 Å². The van der Waals surface area contributed by atoms with E-state index in [1.54, 1.807) is 0 Å². The fourth-order valence-corrected chi connectivity index (χ4v) is 2.11. The first-order valence-corrected chi connectivity index (χ1v) is 8.05. The molecule has 4 nitrogen and oxygen atoms in total. The summed E-state index contributed by atoms with van der Waals surface area (Å²) < 4.78 is 5.54. The maximum atomic E-state index is 11.8. The molecule has 0 radical (unpaired) electrons. The first kappa shape index (κ1) is 17.6. The van der Waals surface area contributed by atoms with Crippen molar-refractivity contribution in [2.24, 2.45) is 0 Å². The minimum atomic E-state index is -0.0199. The zero-order valence-electron chi connectivity index (χ0n) is 14.0. The molecule has 0 aliphatic carbocycles. The van der Waals surface area contributed by atoms with E-state index in [0.717, 1.165) is 23.4 Å². The fraction of sp³-hybridized carbons (Fsp3) is 0.250. The molecule has 2 aromatic rings. The summed E-state index contributed by atoms with van der Waals surface area (Å²) in [5, 5.41) is 6.01. The Bertz CT molecular complexity index is 651. The number of ether oxygens (including phenoxy) is 1. The Morgan fingerprint density at radius 1 is 1.08 bits per heavy atom. The van der Waals surface area contributed by atoms with E-state index < -0.39 is 0 Å². The van der Waals surface area contributed by atoms with Crippen LogP contribution < -0.4 is 15.4 Å². The Hall–Kier alpha value is -2.75. The highest BCUT2D eigenvalue weighted by Gasteiger charge is 2.01. The summed E-state index contributed by atoms with van der Waals surface area (Å²) in [5.74, 6) is 0.768. The van der Waals surface area contributed by atoms with E-state index in [9.17, 15) is 4.79 Å². The van der Waals surface area contributed by atoms with E-state index in [0.29, 0.717) is 13.2 Å². The van der Waals surface area contributed by atoms with Gasteiger partial charge in [0.2, 0.25) is 5.91 Å². The van der Waals surface area contributed by atoms with E-state index in [1.807, 2.05) is 49.4 Å². The van der Waals surface area contributed by atoms with Gasteiger partial charge in [0.1, 0.15) is 12.4 Å². The largest absolute Gasteiger partial charge is 0.489 e. The van der Waals surface area contributed by atoms with Crippen LogP contribution in [-0.2, 0) is 11.2 Å². The summed E-state index contributed by atoms with van der Waals surface area (Å²) in [7, 11) is 0. The van der Waals surface area contributed by atoms with Crippen LogP contribution in [0.3, 0.4) is 0 Å². The van der Waals surface area contributed by atoms with Crippen LogP contribution >= 0.6 is 0 Å². The van der Waals surface area contributed by atoms with Crippen LogP contribution in [0.5, 0.6) is 5.75 Å². The molecule has 0 heterocycles. The third-order valence-electron chi connectivity index (χ3n) is 3.37. The Morgan fingerprint density at radius 3 is 2.46 bits per heavy atom. The number of amides is 1. The molecule has 24 heavy (non-hydrogen) atoms. The highest BCUT2D eigenvalue weighted by molar-refractivity contribution is 5.80. The molecule has 2 rings (SSSR count). The molecule has 4 heteroatoms. The molecule has 0 atom stereocenters. The lowest BCUT2D eigenvalue weighted by Crippen LogP contribution is -2.31. The molecule has 0 unspecified atom stereocenters. The van der Waals surface area contributed by atoms with Crippen molar-refractivity contribution in [3.05, 3.63) is 72.3 Å². The van der Waals surface area contributed by atoms with Gasteiger partial charge in [0.05, 0.1) is 6.54 Å². The van der Waals surface area contributed by atoms with Gasteiger partial charge in [0.15, 0.2) is 0 Å². The van der Waals surface area contributed by atoms with Gasteiger partial charge in [0, 0.05) is 12.2 Å². The first-order valence-electron chi connectivity index (χ1n) is 8.05. The van der Waals surface area contributed by atoms with Crippen LogP contribution in [0.1, 0.15) is 12.5 Å². The van der Waals surface area contributed by atoms with Crippen LogP contribution in [0.25, 0.3) is 0 Å². The van der Waals surface area contributed by atoms with Crippen molar-refractivity contribution in [3.63, 3.8) is 0 Å². The highest BCUT2D eigenvalue weighted by Crippen LogP contribution is 2.15. The average Bonchev–Trinajstić information content (AvgIpc) is 2.60. The van der Waals surface area contributed by atoms with Gasteiger partial charge in [-0.15, -0.1) is 0 Å². The first-order chi connectivity index (χ1) is 11.6. The van der Waals surface area contributed by atoms with Gasteiger partial charge in [-0.2, -0.15) is 0 Å². The number of hydrogen-bond acceptors (Lipinski definition) is 3. The Kier molecular flexibility index (Phi) is 6.90. The lowest BCUT2D eigenvalue weighted by molar-refractivity contribution is -0.119. The van der Waals surface area contributed by atoms with Crippen molar-refractivity contribution in [3.8, 4) is 5.75 Å². The van der Waals surface area contributed by atoms with Crippen molar-refractivity contribution in [2.45, 2.75) is 13.3 Å². The van der Waals surface area contributed by atoms with Crippen LogP contribution in [0, 0.1) is 0 Å². The molecule has 2 N–H and O–H groups in total. The molecular formula is C20H24N2O2. The quantitative estimate of drug-likeness (QED) is 0.695. The maximum Gasteiger partial charge on any atom is 0.239 e. The van der Waals surface area contributed by atoms with E-state index in [2.05, 4.69) is 29.3 Å². The van der Waals surface area contributed by atoms with Crippen LogP contribution in [-0.4, -0.2) is 25.6 Å². The molecule has 0 saturated heterocycles. The van der Waals surface area contributed by atoms with E-state index in [4.69, 9.17) is 4.74 Å². The zero-order valence-corrected chi connectivity index (χ0v) is 14.0. The van der Waals surface area contributed by atoms with E-state index >= 15 is 0 Å². The molecule has 0 spiro atoms. The molecule has 0 saturated carbocycles. The highest BCUT2D eigenvalue weighted by atomic mass is 16.5. The predicted molar refractivity (Wildman–Crippen MR) is 98.4 cm³/mol. The smallest absolute Gasteiger partial charge is 0.239 e. The Morgan fingerprint density at radius 2 is 1.79 bits per heavy atom. The van der Waals surface area contributed by atoms with Crippen LogP contribution in [0.2, 0.25) is 0 Å². The summed E-state index contributed by atoms with van der Waals surface area (Å²) in [5.41, 5.74) is 3.08. The van der Waals surface area contributed by atoms with Gasteiger partial charge in [-0.1, -0.05) is 36.9 Å². The summed E-state index contributed by atoms with van der Waals surface area (Å²) >= 11 is 0. The van der Waals surface area contributed by atoms with Gasteiger partial charge < -0.3 is 15.4 Å². The molecule has 0 aliphatic rings. The lowest BCUT2D eigenvalue weighted by atomic mass is 10.1. The molecule has 2 aromatic carbocycles. The number of rotatable bonds is 9. The standard InChI is InChI=1S/C20H24N2O2/c1-16(2)15-24-19-10-8-18(9-11-19)22-14-20(23)21-13-12-17-6-4-3-5-7-17/h3-11,22H,1,12-15H2,2H3,(H,21,23). The molecule has 0 fully saturated rings. The summed E-state index contributed by atoms with van der Waals surface area (Å²) in [6.45, 7) is 7.12. The minimum Gasteiger partial charge on any atom is -0.489 e. The minimum absolute atomic E-state index is 0.0199. The van der Waals surface area contributed by atoms with Gasteiger partial charge in [-0.25, -0.2) is 0 Å². The Labute approximate surface area is 143 Å². The van der Waals surface area contributed by atoms with Crippen molar-refractivity contribution in [1.82, 2.24) is 5.32 Å². The third kappa shape index (κ3) is 6.57. The van der Waals surface area contributed by atoms with E-state index in [1.165, 1.54) is 5.56 Å². The number of benzene rings is 2. The van der Waals surface area contributed by atoms with Gasteiger partial charge in [-0.3, -0.25) is 4.79 Å². The van der Waals surface area contributed by atoms with Crippen LogP contribution in [0.15, 0.2) is 66.7 Å². The van der Waals surface area contributed by atoms with Crippen molar-refractivity contribution in [1.29, 1.82) is 0 Å². The molecule has 0 bridgehead atoms. The van der Waals surface area contributed by atoms with Gasteiger partial charge in [0.25, 0.3) is 0 Å². The summed E-state index contributed by atoms with van der Waals surface area (Å²) in [6, 6.07) is 17.6. The molecule has 0 aliphatic heterocycles. The maximum absolute atomic E-state index is 11.8. The number of nitrogens with one attached hydrogen (secondary N) is 2. The van der Waals surface area contributed by atoms with Crippen molar-refractivity contribution >= 4 is 11.6 Å². The second-order valence-corrected chi connectivity index (χ2v) is 5.71. The Balaban J connectivity index is 1.66. The molecule has 1 amide bonds.